The lowest BCUT2D eigenvalue weighted by Crippen LogP contribution is -2.43. The molecule has 0 bridgehead atoms. The summed E-state index contributed by atoms with van der Waals surface area (Å²) in [5.74, 6) is -1.10. The minimum Gasteiger partial charge on any atom is -0.480 e. The van der Waals surface area contributed by atoms with Gasteiger partial charge in [-0.05, 0) is 25.2 Å². The third-order valence-electron chi connectivity index (χ3n) is 3.09. The summed E-state index contributed by atoms with van der Waals surface area (Å²) in [7, 11) is 0. The van der Waals surface area contributed by atoms with Crippen molar-refractivity contribution < 1.29 is 19.4 Å². The molecule has 104 valence electrons. The lowest BCUT2D eigenvalue weighted by atomic mass is 10.0. The molecule has 0 aromatic carbocycles. The van der Waals surface area contributed by atoms with Crippen molar-refractivity contribution in [3.63, 3.8) is 0 Å². The van der Waals surface area contributed by atoms with E-state index in [0.29, 0.717) is 6.42 Å². The molecule has 0 aromatic rings. The predicted molar refractivity (Wildman–Crippen MR) is 67.2 cm³/mol. The fraction of sp³-hybridized carbons (Fsp3) is 0.846. The first kappa shape index (κ1) is 15.0. The third-order valence-corrected chi connectivity index (χ3v) is 3.09. The number of hydrogen-bond donors (Lipinski definition) is 2. The van der Waals surface area contributed by atoms with Crippen LogP contribution in [0, 0.1) is 5.92 Å². The molecule has 2 N–H and O–H groups in total. The van der Waals surface area contributed by atoms with Gasteiger partial charge in [0.15, 0.2) is 0 Å². The van der Waals surface area contributed by atoms with Gasteiger partial charge in [0.2, 0.25) is 5.91 Å². The number of rotatable bonds is 7. The van der Waals surface area contributed by atoms with Gasteiger partial charge in [-0.15, -0.1) is 0 Å². The van der Waals surface area contributed by atoms with Crippen LogP contribution in [0.15, 0.2) is 0 Å². The van der Waals surface area contributed by atoms with Crippen molar-refractivity contribution in [3.05, 3.63) is 0 Å². The largest absolute Gasteiger partial charge is 0.480 e. The molecule has 1 atom stereocenters. The van der Waals surface area contributed by atoms with Crippen molar-refractivity contribution >= 4 is 11.9 Å². The summed E-state index contributed by atoms with van der Waals surface area (Å²) in [6.45, 7) is 3.82. The standard InChI is InChI=1S/C13H23NO4/c1-9(2)7-11(13(16)17)14-12(15)8-18-10-5-3-4-6-10/h9-11H,3-8H2,1-2H3,(H,14,15)(H,16,17)/t11-/m0/s1. The molecule has 0 spiro atoms. The highest BCUT2D eigenvalue weighted by molar-refractivity contribution is 5.84. The number of carboxylic acid groups (broad SMARTS) is 1. The average Bonchev–Trinajstić information content (AvgIpc) is 2.77. The lowest BCUT2D eigenvalue weighted by Gasteiger charge is -2.17. The average molecular weight is 257 g/mol. The van der Waals surface area contributed by atoms with Crippen molar-refractivity contribution in [2.45, 2.75) is 58.1 Å². The summed E-state index contributed by atoms with van der Waals surface area (Å²) in [4.78, 5) is 22.6. The molecule has 0 saturated heterocycles. The monoisotopic (exact) mass is 257 g/mol. The number of nitrogens with one attached hydrogen (secondary N) is 1. The van der Waals surface area contributed by atoms with Crippen molar-refractivity contribution in [2.24, 2.45) is 5.92 Å². The van der Waals surface area contributed by atoms with Crippen molar-refractivity contribution in [1.82, 2.24) is 5.32 Å². The smallest absolute Gasteiger partial charge is 0.326 e. The van der Waals surface area contributed by atoms with E-state index in [1.54, 1.807) is 0 Å². The second-order valence-electron chi connectivity index (χ2n) is 5.31. The minimum atomic E-state index is -0.988. The zero-order chi connectivity index (χ0) is 13.5. The molecule has 1 saturated carbocycles. The fourth-order valence-electron chi connectivity index (χ4n) is 2.18. The number of amides is 1. The van der Waals surface area contributed by atoms with Crippen molar-refractivity contribution in [3.8, 4) is 0 Å². The van der Waals surface area contributed by atoms with Gasteiger partial charge < -0.3 is 15.2 Å². The molecule has 0 unspecified atom stereocenters. The van der Waals surface area contributed by atoms with Crippen molar-refractivity contribution in [1.29, 1.82) is 0 Å². The van der Waals surface area contributed by atoms with Crippen molar-refractivity contribution in [2.75, 3.05) is 6.61 Å². The number of ether oxygens (including phenoxy) is 1. The van der Waals surface area contributed by atoms with Gasteiger partial charge in [0, 0.05) is 0 Å². The van der Waals surface area contributed by atoms with E-state index in [2.05, 4.69) is 5.32 Å². The van der Waals surface area contributed by atoms with Crippen LogP contribution in [-0.4, -0.2) is 35.7 Å². The SMILES string of the molecule is CC(C)C[C@H](NC(=O)COC1CCCC1)C(=O)O. The highest BCUT2D eigenvalue weighted by Gasteiger charge is 2.22. The second-order valence-corrected chi connectivity index (χ2v) is 5.31. The summed E-state index contributed by atoms with van der Waals surface area (Å²) in [5.41, 5.74) is 0. The topological polar surface area (TPSA) is 75.6 Å². The second kappa shape index (κ2) is 7.36. The Morgan fingerprint density at radius 1 is 1.33 bits per heavy atom. The molecule has 0 radical (unpaired) electrons. The Bertz CT molecular complexity index is 285. The van der Waals surface area contributed by atoms with Crippen LogP contribution in [-0.2, 0) is 14.3 Å². The Morgan fingerprint density at radius 3 is 2.44 bits per heavy atom. The van der Waals surface area contributed by atoms with Crippen LogP contribution in [0.1, 0.15) is 46.0 Å². The zero-order valence-electron chi connectivity index (χ0n) is 11.1. The summed E-state index contributed by atoms with van der Waals surface area (Å²) in [6, 6.07) is -0.815. The molecule has 1 fully saturated rings. The highest BCUT2D eigenvalue weighted by Crippen LogP contribution is 2.20. The molecular formula is C13H23NO4. The molecule has 1 aliphatic rings. The Hall–Kier alpha value is -1.10. The van der Waals surface area contributed by atoms with Crippen LogP contribution in [0.25, 0.3) is 0 Å². The normalized spacial score (nSPS) is 17.9. The maximum Gasteiger partial charge on any atom is 0.326 e. The van der Waals surface area contributed by atoms with E-state index in [0.717, 1.165) is 25.7 Å². The highest BCUT2D eigenvalue weighted by atomic mass is 16.5. The van der Waals surface area contributed by atoms with Crippen LogP contribution in [0.2, 0.25) is 0 Å². The van der Waals surface area contributed by atoms with E-state index < -0.39 is 12.0 Å². The number of carbonyl (C=O) groups excluding carboxylic acids is 1. The first-order valence-corrected chi connectivity index (χ1v) is 6.62. The Kier molecular flexibility index (Phi) is 6.12. The van der Waals surface area contributed by atoms with Gasteiger partial charge in [0.05, 0.1) is 6.10 Å². The molecule has 5 heteroatoms. The molecule has 0 aliphatic heterocycles. The lowest BCUT2D eigenvalue weighted by molar-refractivity contribution is -0.143. The van der Waals surface area contributed by atoms with Gasteiger partial charge in [0.1, 0.15) is 12.6 Å². The molecule has 5 nitrogen and oxygen atoms in total. The molecule has 1 amide bonds. The Balaban J connectivity index is 2.29. The van der Waals surface area contributed by atoms with E-state index in [1.165, 1.54) is 0 Å². The first-order valence-electron chi connectivity index (χ1n) is 6.62. The van der Waals surface area contributed by atoms with E-state index in [4.69, 9.17) is 9.84 Å². The Morgan fingerprint density at radius 2 is 1.94 bits per heavy atom. The van der Waals surface area contributed by atoms with E-state index >= 15 is 0 Å². The number of carboxylic acids is 1. The quantitative estimate of drug-likeness (QED) is 0.725. The zero-order valence-corrected chi connectivity index (χ0v) is 11.1. The molecule has 0 heterocycles. The van der Waals surface area contributed by atoms with Crippen LogP contribution in [0.3, 0.4) is 0 Å². The summed E-state index contributed by atoms with van der Waals surface area (Å²) < 4.78 is 5.45. The molecule has 0 aromatic heterocycles. The fourth-order valence-corrected chi connectivity index (χ4v) is 2.18. The third kappa shape index (κ3) is 5.49. The van der Waals surface area contributed by atoms with Gasteiger partial charge in [-0.1, -0.05) is 26.7 Å². The number of aliphatic carboxylic acids is 1. The van der Waals surface area contributed by atoms with Crippen LogP contribution in [0.4, 0.5) is 0 Å². The van der Waals surface area contributed by atoms with Crippen LogP contribution >= 0.6 is 0 Å². The summed E-state index contributed by atoms with van der Waals surface area (Å²) in [5, 5.41) is 11.5. The van der Waals surface area contributed by atoms with E-state index in [1.807, 2.05) is 13.8 Å². The van der Waals surface area contributed by atoms with E-state index in [-0.39, 0.29) is 24.5 Å². The maximum absolute atomic E-state index is 11.6. The van der Waals surface area contributed by atoms with Gasteiger partial charge in [-0.3, -0.25) is 4.79 Å². The van der Waals surface area contributed by atoms with Gasteiger partial charge in [-0.25, -0.2) is 4.79 Å². The van der Waals surface area contributed by atoms with Gasteiger partial charge in [-0.2, -0.15) is 0 Å². The molecular weight excluding hydrogens is 234 g/mol. The van der Waals surface area contributed by atoms with Crippen LogP contribution < -0.4 is 5.32 Å². The number of hydrogen-bond acceptors (Lipinski definition) is 3. The summed E-state index contributed by atoms with van der Waals surface area (Å²) in [6.07, 6.45) is 4.91. The molecule has 1 aliphatic carbocycles. The van der Waals surface area contributed by atoms with Gasteiger partial charge in [0.25, 0.3) is 0 Å². The maximum atomic E-state index is 11.6. The first-order chi connectivity index (χ1) is 8.49. The Labute approximate surface area is 108 Å². The number of carbonyl (C=O) groups is 2. The molecule has 1 rings (SSSR count). The van der Waals surface area contributed by atoms with Gasteiger partial charge >= 0.3 is 5.97 Å². The van der Waals surface area contributed by atoms with Crippen LogP contribution in [0.5, 0.6) is 0 Å². The predicted octanol–water partition coefficient (Wildman–Crippen LogP) is 1.56. The molecule has 18 heavy (non-hydrogen) atoms. The van der Waals surface area contributed by atoms with E-state index in [9.17, 15) is 9.59 Å². The summed E-state index contributed by atoms with van der Waals surface area (Å²) >= 11 is 0. The minimum absolute atomic E-state index is 0.0352.